The van der Waals surface area contributed by atoms with Crippen molar-refractivity contribution in [3.05, 3.63) is 42.1 Å². The summed E-state index contributed by atoms with van der Waals surface area (Å²) >= 11 is 0. The molecule has 8 heteroatoms. The first-order valence-electron chi connectivity index (χ1n) is 10.2. The molecule has 3 N–H and O–H groups in total. The topological polar surface area (TPSA) is 101 Å². The van der Waals surface area contributed by atoms with Gasteiger partial charge in [-0.25, -0.2) is 4.68 Å². The number of benzene rings is 1. The molecule has 2 fully saturated rings. The number of aromatic nitrogens is 5. The number of hydrogen-bond donors (Lipinski definition) is 3. The van der Waals surface area contributed by atoms with Gasteiger partial charge in [0.25, 0.3) is 0 Å². The van der Waals surface area contributed by atoms with Crippen LogP contribution >= 0.6 is 0 Å². The molecule has 2 bridgehead atoms. The molecule has 4 heterocycles. The molecule has 2 unspecified atom stereocenters. The summed E-state index contributed by atoms with van der Waals surface area (Å²) in [5.74, 6) is 1.60. The zero-order valence-corrected chi connectivity index (χ0v) is 16.4. The molecule has 3 aromatic rings. The van der Waals surface area contributed by atoms with Crippen molar-refractivity contribution in [3.8, 4) is 22.8 Å². The standard InChI is InChI=1S/C21H25N7O/c1-13-21(28(27-24-13)18-4-2-3-5-19(18)29)17-8-9-20(26-25-17)22-12-14-10-15-6-7-16(11-14)23-15/h2-5,8-9,14-16,23,29H,6-7,10-12H2,1H3,(H,22,26). The van der Waals surface area contributed by atoms with Crippen LogP contribution in [0.15, 0.2) is 36.4 Å². The maximum absolute atomic E-state index is 10.2. The number of rotatable bonds is 5. The lowest BCUT2D eigenvalue weighted by Crippen LogP contribution is -2.40. The lowest BCUT2D eigenvalue weighted by molar-refractivity contribution is 0.311. The molecule has 8 nitrogen and oxygen atoms in total. The summed E-state index contributed by atoms with van der Waals surface area (Å²) in [5.41, 5.74) is 2.68. The third-order valence-corrected chi connectivity index (χ3v) is 6.00. The molecule has 0 saturated carbocycles. The Labute approximate surface area is 169 Å². The van der Waals surface area contributed by atoms with Crippen molar-refractivity contribution in [2.75, 3.05) is 11.9 Å². The Kier molecular flexibility index (Phi) is 4.63. The highest BCUT2D eigenvalue weighted by atomic mass is 16.3. The molecular weight excluding hydrogens is 366 g/mol. The van der Waals surface area contributed by atoms with Gasteiger partial charge in [-0.3, -0.25) is 0 Å². The van der Waals surface area contributed by atoms with Crippen LogP contribution in [0.3, 0.4) is 0 Å². The van der Waals surface area contributed by atoms with Crippen LogP contribution in [0.1, 0.15) is 31.4 Å². The minimum Gasteiger partial charge on any atom is -0.506 e. The summed E-state index contributed by atoms with van der Waals surface area (Å²) in [5, 5.41) is 34.4. The van der Waals surface area contributed by atoms with Gasteiger partial charge in [-0.2, -0.15) is 0 Å². The molecule has 0 amide bonds. The Morgan fingerprint density at radius 3 is 2.59 bits per heavy atom. The molecule has 29 heavy (non-hydrogen) atoms. The van der Waals surface area contributed by atoms with Gasteiger partial charge in [-0.15, -0.1) is 15.3 Å². The second kappa shape index (κ2) is 7.44. The zero-order valence-electron chi connectivity index (χ0n) is 16.4. The molecule has 2 aromatic heterocycles. The molecule has 0 radical (unpaired) electrons. The van der Waals surface area contributed by atoms with Gasteiger partial charge in [0.05, 0.1) is 5.69 Å². The number of piperidine rings is 1. The minimum absolute atomic E-state index is 0.140. The molecule has 150 valence electrons. The molecule has 0 spiro atoms. The number of nitrogens with zero attached hydrogens (tertiary/aromatic N) is 5. The van der Waals surface area contributed by atoms with E-state index >= 15 is 0 Å². The van der Waals surface area contributed by atoms with E-state index in [4.69, 9.17) is 0 Å². The summed E-state index contributed by atoms with van der Waals surface area (Å²) in [6, 6.07) is 12.3. The van der Waals surface area contributed by atoms with Crippen LogP contribution in [0.4, 0.5) is 5.82 Å². The Morgan fingerprint density at radius 1 is 1.07 bits per heavy atom. The number of aromatic hydroxyl groups is 1. The lowest BCUT2D eigenvalue weighted by atomic mass is 9.92. The van der Waals surface area contributed by atoms with E-state index in [9.17, 15) is 5.11 Å². The molecule has 1 aromatic carbocycles. The maximum atomic E-state index is 10.2. The molecule has 2 saturated heterocycles. The predicted octanol–water partition coefficient (Wildman–Crippen LogP) is 2.68. The number of phenols is 1. The highest BCUT2D eigenvalue weighted by molar-refractivity contribution is 5.62. The first kappa shape index (κ1) is 18.1. The Balaban J connectivity index is 1.32. The van der Waals surface area contributed by atoms with Crippen LogP contribution in [-0.2, 0) is 0 Å². The quantitative estimate of drug-likeness (QED) is 0.615. The normalized spacial score (nSPS) is 23.3. The van der Waals surface area contributed by atoms with E-state index in [1.165, 1.54) is 25.7 Å². The van der Waals surface area contributed by atoms with Crippen molar-refractivity contribution in [1.29, 1.82) is 0 Å². The predicted molar refractivity (Wildman–Crippen MR) is 110 cm³/mol. The largest absolute Gasteiger partial charge is 0.506 e. The second-order valence-corrected chi connectivity index (χ2v) is 8.08. The molecule has 5 rings (SSSR count). The third kappa shape index (κ3) is 3.55. The van der Waals surface area contributed by atoms with Gasteiger partial charge >= 0.3 is 0 Å². The van der Waals surface area contributed by atoms with E-state index in [1.54, 1.807) is 22.9 Å². The van der Waals surface area contributed by atoms with Crippen LogP contribution in [0.5, 0.6) is 5.75 Å². The van der Waals surface area contributed by atoms with E-state index in [0.29, 0.717) is 29.4 Å². The van der Waals surface area contributed by atoms with E-state index in [2.05, 4.69) is 31.1 Å². The molecule has 2 atom stereocenters. The molecule has 0 aliphatic carbocycles. The SMILES string of the molecule is Cc1nnn(-c2ccccc2O)c1-c1ccc(NCC2CC3CCC(C2)N3)nn1. The summed E-state index contributed by atoms with van der Waals surface area (Å²) in [7, 11) is 0. The fourth-order valence-corrected chi connectivity index (χ4v) is 4.61. The number of hydrogen-bond acceptors (Lipinski definition) is 7. The van der Waals surface area contributed by atoms with Gasteiger partial charge in [-0.1, -0.05) is 17.3 Å². The number of phenolic OH excluding ortho intramolecular Hbond substituents is 1. The van der Waals surface area contributed by atoms with Crippen LogP contribution in [0, 0.1) is 12.8 Å². The van der Waals surface area contributed by atoms with Gasteiger partial charge in [0, 0.05) is 18.6 Å². The monoisotopic (exact) mass is 391 g/mol. The highest BCUT2D eigenvalue weighted by Gasteiger charge is 2.33. The Hall–Kier alpha value is -3.00. The first-order valence-corrected chi connectivity index (χ1v) is 10.2. The fraction of sp³-hybridized carbons (Fsp3) is 0.429. The van der Waals surface area contributed by atoms with E-state index in [1.807, 2.05) is 25.1 Å². The number of nitrogens with one attached hydrogen (secondary N) is 2. The zero-order chi connectivity index (χ0) is 19.8. The van der Waals surface area contributed by atoms with Crippen molar-refractivity contribution in [2.45, 2.75) is 44.7 Å². The van der Waals surface area contributed by atoms with Gasteiger partial charge in [-0.05, 0) is 62.8 Å². The number of aryl methyl sites for hydroxylation is 1. The van der Waals surface area contributed by atoms with Gasteiger partial charge in [0.15, 0.2) is 0 Å². The summed E-state index contributed by atoms with van der Waals surface area (Å²) < 4.78 is 1.60. The van der Waals surface area contributed by atoms with Crippen molar-refractivity contribution < 1.29 is 5.11 Å². The third-order valence-electron chi connectivity index (χ3n) is 6.00. The highest BCUT2D eigenvalue weighted by Crippen LogP contribution is 2.31. The summed E-state index contributed by atoms with van der Waals surface area (Å²) in [6.45, 7) is 2.80. The summed E-state index contributed by atoms with van der Waals surface area (Å²) in [6.07, 6.45) is 5.10. The van der Waals surface area contributed by atoms with E-state index < -0.39 is 0 Å². The van der Waals surface area contributed by atoms with Gasteiger partial charge < -0.3 is 15.7 Å². The Bertz CT molecular complexity index is 989. The second-order valence-electron chi connectivity index (χ2n) is 8.08. The average Bonchev–Trinajstić information content (AvgIpc) is 3.28. The van der Waals surface area contributed by atoms with Crippen molar-refractivity contribution >= 4 is 5.82 Å². The molecule has 2 aliphatic rings. The lowest BCUT2D eigenvalue weighted by Gasteiger charge is -2.29. The van der Waals surface area contributed by atoms with E-state index in [0.717, 1.165) is 23.8 Å². The van der Waals surface area contributed by atoms with Crippen LogP contribution in [0.2, 0.25) is 0 Å². The number of anilines is 1. The van der Waals surface area contributed by atoms with Crippen LogP contribution < -0.4 is 10.6 Å². The van der Waals surface area contributed by atoms with Crippen LogP contribution in [0.25, 0.3) is 17.1 Å². The number of para-hydroxylation sites is 2. The van der Waals surface area contributed by atoms with Gasteiger partial charge in [0.2, 0.25) is 0 Å². The Morgan fingerprint density at radius 2 is 1.86 bits per heavy atom. The van der Waals surface area contributed by atoms with Gasteiger partial charge in [0.1, 0.15) is 28.6 Å². The number of fused-ring (bicyclic) bond motifs is 2. The molecular formula is C21H25N7O. The smallest absolute Gasteiger partial charge is 0.148 e. The average molecular weight is 391 g/mol. The van der Waals surface area contributed by atoms with Crippen LogP contribution in [-0.4, -0.2) is 48.9 Å². The van der Waals surface area contributed by atoms with Crippen molar-refractivity contribution in [3.63, 3.8) is 0 Å². The van der Waals surface area contributed by atoms with E-state index in [-0.39, 0.29) is 5.75 Å². The maximum Gasteiger partial charge on any atom is 0.148 e. The van der Waals surface area contributed by atoms with Crippen molar-refractivity contribution in [2.24, 2.45) is 5.92 Å². The minimum atomic E-state index is 0.140. The fourth-order valence-electron chi connectivity index (χ4n) is 4.61. The molecule has 2 aliphatic heterocycles. The first-order chi connectivity index (χ1) is 14.2. The summed E-state index contributed by atoms with van der Waals surface area (Å²) in [4.78, 5) is 0. The van der Waals surface area contributed by atoms with Crippen molar-refractivity contribution in [1.82, 2.24) is 30.5 Å².